The monoisotopic (exact) mass is 302 g/mol. The molecule has 4 nitrogen and oxygen atoms in total. The van der Waals surface area contributed by atoms with Gasteiger partial charge in [0.15, 0.2) is 5.69 Å². The van der Waals surface area contributed by atoms with Crippen molar-refractivity contribution in [2.45, 2.75) is 6.92 Å². The normalized spacial score (nSPS) is 9.96. The average molecular weight is 302 g/mol. The molecule has 1 aromatic heterocycles. The van der Waals surface area contributed by atoms with Gasteiger partial charge in [-0.1, -0.05) is 36.3 Å². The van der Waals surface area contributed by atoms with E-state index in [1.165, 1.54) is 0 Å². The molecule has 112 valence electrons. The van der Waals surface area contributed by atoms with E-state index < -0.39 is 5.97 Å². The summed E-state index contributed by atoms with van der Waals surface area (Å²) in [6.07, 6.45) is 0. The van der Waals surface area contributed by atoms with Crippen LogP contribution in [0.3, 0.4) is 0 Å². The molecule has 0 aliphatic carbocycles. The molecule has 3 rings (SSSR count). The van der Waals surface area contributed by atoms with Crippen LogP contribution in [0.1, 0.15) is 28.7 Å². The number of carbonyl (C=O) groups is 1. The fraction of sp³-hybridized carbons (Fsp3) is 0.105. The van der Waals surface area contributed by atoms with E-state index in [-0.39, 0.29) is 12.3 Å². The summed E-state index contributed by atoms with van der Waals surface area (Å²) in [4.78, 5) is 21.0. The summed E-state index contributed by atoms with van der Waals surface area (Å²) >= 11 is 0. The smallest absolute Gasteiger partial charge is 0.359 e. The lowest BCUT2D eigenvalue weighted by atomic mass is 10.2. The van der Waals surface area contributed by atoms with Crippen LogP contribution in [0.2, 0.25) is 0 Å². The molecule has 0 unspecified atom stereocenters. The van der Waals surface area contributed by atoms with Crippen LogP contribution in [0.15, 0.2) is 54.6 Å². The molecule has 0 aliphatic heterocycles. The maximum atomic E-state index is 12.1. The van der Waals surface area contributed by atoms with Gasteiger partial charge in [0, 0.05) is 5.56 Å². The maximum absolute atomic E-state index is 12.1. The highest BCUT2D eigenvalue weighted by molar-refractivity contribution is 5.92. The van der Waals surface area contributed by atoms with Gasteiger partial charge in [-0.2, -0.15) is 0 Å². The third kappa shape index (κ3) is 3.35. The van der Waals surface area contributed by atoms with Gasteiger partial charge < -0.3 is 4.74 Å². The van der Waals surface area contributed by atoms with Crippen molar-refractivity contribution in [1.82, 2.24) is 9.97 Å². The number of esters is 1. The van der Waals surface area contributed by atoms with Gasteiger partial charge in [-0.25, -0.2) is 14.8 Å². The number of hydrogen-bond donors (Lipinski definition) is 0. The average Bonchev–Trinajstić information content (AvgIpc) is 2.60. The summed E-state index contributed by atoms with van der Waals surface area (Å²) in [6, 6.07) is 16.9. The molecule has 0 bridgehead atoms. The molecule has 3 aromatic rings. The number of benzene rings is 2. The van der Waals surface area contributed by atoms with Crippen molar-refractivity contribution >= 4 is 17.0 Å². The molecule has 0 saturated heterocycles. The predicted octanol–water partition coefficient (Wildman–Crippen LogP) is 3.21. The quantitative estimate of drug-likeness (QED) is 0.539. The number of ether oxygens (including phenoxy) is 1. The highest BCUT2D eigenvalue weighted by Gasteiger charge is 2.16. The van der Waals surface area contributed by atoms with Gasteiger partial charge in [-0.15, -0.1) is 0 Å². The van der Waals surface area contributed by atoms with Crippen molar-refractivity contribution < 1.29 is 9.53 Å². The number of carbonyl (C=O) groups excluding carboxylic acids is 1. The third-order valence-electron chi connectivity index (χ3n) is 3.14. The van der Waals surface area contributed by atoms with E-state index in [9.17, 15) is 4.79 Å². The Morgan fingerprint density at radius 3 is 2.30 bits per heavy atom. The van der Waals surface area contributed by atoms with E-state index in [1.807, 2.05) is 48.5 Å². The van der Waals surface area contributed by atoms with Gasteiger partial charge >= 0.3 is 5.97 Å². The number of aromatic nitrogens is 2. The van der Waals surface area contributed by atoms with Gasteiger partial charge in [-0.05, 0) is 37.1 Å². The summed E-state index contributed by atoms with van der Waals surface area (Å²) in [5.74, 6) is 5.43. The summed E-state index contributed by atoms with van der Waals surface area (Å²) in [5.41, 5.74) is 2.65. The van der Waals surface area contributed by atoms with Gasteiger partial charge in [0.05, 0.1) is 17.6 Å². The SMILES string of the molecule is CCOC(=O)c1nc2ccccc2nc1C#Cc1ccccc1. The molecule has 2 aromatic carbocycles. The van der Waals surface area contributed by atoms with Crippen LogP contribution in [0, 0.1) is 11.8 Å². The highest BCUT2D eigenvalue weighted by atomic mass is 16.5. The Labute approximate surface area is 134 Å². The lowest BCUT2D eigenvalue weighted by Crippen LogP contribution is -2.11. The van der Waals surface area contributed by atoms with Crippen molar-refractivity contribution in [3.8, 4) is 11.8 Å². The largest absolute Gasteiger partial charge is 0.461 e. The van der Waals surface area contributed by atoms with Crippen LogP contribution < -0.4 is 0 Å². The molecule has 0 spiro atoms. The number of nitrogens with zero attached hydrogens (tertiary/aromatic N) is 2. The fourth-order valence-electron chi connectivity index (χ4n) is 2.08. The first-order valence-electron chi connectivity index (χ1n) is 7.29. The molecule has 0 fully saturated rings. The molecule has 0 aliphatic rings. The number of hydrogen-bond acceptors (Lipinski definition) is 4. The zero-order chi connectivity index (χ0) is 16.1. The van der Waals surface area contributed by atoms with Crippen LogP contribution in [0.4, 0.5) is 0 Å². The zero-order valence-corrected chi connectivity index (χ0v) is 12.6. The summed E-state index contributed by atoms with van der Waals surface area (Å²) in [5, 5.41) is 0. The number of para-hydroxylation sites is 2. The molecule has 0 atom stereocenters. The second-order valence-electron chi connectivity index (χ2n) is 4.75. The Balaban J connectivity index is 2.11. The van der Waals surface area contributed by atoms with Gasteiger partial charge in [0.2, 0.25) is 0 Å². The molecule has 1 heterocycles. The Morgan fingerprint density at radius 2 is 1.61 bits per heavy atom. The van der Waals surface area contributed by atoms with E-state index in [4.69, 9.17) is 4.74 Å². The third-order valence-corrected chi connectivity index (χ3v) is 3.14. The maximum Gasteiger partial charge on any atom is 0.359 e. The molecule has 0 N–H and O–H groups in total. The predicted molar refractivity (Wildman–Crippen MR) is 87.9 cm³/mol. The summed E-state index contributed by atoms with van der Waals surface area (Å²) < 4.78 is 5.06. The zero-order valence-electron chi connectivity index (χ0n) is 12.6. The number of fused-ring (bicyclic) bond motifs is 1. The second kappa shape index (κ2) is 6.71. The van der Waals surface area contributed by atoms with Crippen molar-refractivity contribution in [3.63, 3.8) is 0 Å². The van der Waals surface area contributed by atoms with E-state index in [0.29, 0.717) is 16.7 Å². The molecule has 0 amide bonds. The highest BCUT2D eigenvalue weighted by Crippen LogP contribution is 2.13. The van der Waals surface area contributed by atoms with Crippen LogP contribution in [-0.4, -0.2) is 22.5 Å². The summed E-state index contributed by atoms with van der Waals surface area (Å²) in [7, 11) is 0. The molecule has 4 heteroatoms. The molecular weight excluding hydrogens is 288 g/mol. The number of rotatable bonds is 2. The first-order chi connectivity index (χ1) is 11.3. The molecular formula is C19H14N2O2. The van der Waals surface area contributed by atoms with E-state index in [1.54, 1.807) is 13.0 Å². The van der Waals surface area contributed by atoms with E-state index in [0.717, 1.165) is 5.56 Å². The lowest BCUT2D eigenvalue weighted by molar-refractivity contribution is 0.0519. The first-order valence-corrected chi connectivity index (χ1v) is 7.29. The Hall–Kier alpha value is -3.19. The molecule has 23 heavy (non-hydrogen) atoms. The van der Waals surface area contributed by atoms with Crippen LogP contribution in [-0.2, 0) is 4.74 Å². The summed E-state index contributed by atoms with van der Waals surface area (Å²) in [6.45, 7) is 2.03. The van der Waals surface area contributed by atoms with Gasteiger partial charge in [0.25, 0.3) is 0 Å². The van der Waals surface area contributed by atoms with Crippen LogP contribution in [0.25, 0.3) is 11.0 Å². The van der Waals surface area contributed by atoms with E-state index >= 15 is 0 Å². The van der Waals surface area contributed by atoms with Crippen molar-refractivity contribution in [1.29, 1.82) is 0 Å². The Kier molecular flexibility index (Phi) is 4.30. The van der Waals surface area contributed by atoms with Crippen molar-refractivity contribution in [2.75, 3.05) is 6.61 Å². The van der Waals surface area contributed by atoms with E-state index in [2.05, 4.69) is 21.8 Å². The van der Waals surface area contributed by atoms with Gasteiger partial charge in [0.1, 0.15) is 5.69 Å². The Bertz CT molecular complexity index is 909. The first kappa shape index (κ1) is 14.7. The topological polar surface area (TPSA) is 52.1 Å². The van der Waals surface area contributed by atoms with Crippen molar-refractivity contribution in [3.05, 3.63) is 71.5 Å². The van der Waals surface area contributed by atoms with Crippen LogP contribution in [0.5, 0.6) is 0 Å². The minimum Gasteiger partial charge on any atom is -0.461 e. The molecule has 0 radical (unpaired) electrons. The van der Waals surface area contributed by atoms with Crippen LogP contribution >= 0.6 is 0 Å². The Morgan fingerprint density at radius 1 is 0.957 bits per heavy atom. The standard InChI is InChI=1S/C19H14N2O2/c1-2-23-19(22)18-17(13-12-14-8-4-3-5-9-14)20-15-10-6-7-11-16(15)21-18/h3-11H,2H2,1H3. The fourth-order valence-corrected chi connectivity index (χ4v) is 2.08. The van der Waals surface area contributed by atoms with Gasteiger partial charge in [-0.3, -0.25) is 0 Å². The molecule has 0 saturated carbocycles. The second-order valence-corrected chi connectivity index (χ2v) is 4.75. The van der Waals surface area contributed by atoms with Crippen molar-refractivity contribution in [2.24, 2.45) is 0 Å². The minimum atomic E-state index is -0.511. The minimum absolute atomic E-state index is 0.147. The lowest BCUT2D eigenvalue weighted by Gasteiger charge is -2.05.